The Morgan fingerprint density at radius 2 is 1.88 bits per heavy atom. The molecule has 26 heavy (non-hydrogen) atoms. The summed E-state index contributed by atoms with van der Waals surface area (Å²) in [4.78, 5) is 23.6. The van der Waals surface area contributed by atoms with Crippen LogP contribution in [0.3, 0.4) is 0 Å². The third-order valence-corrected chi connectivity index (χ3v) is 6.59. The Morgan fingerprint density at radius 1 is 1.27 bits per heavy atom. The molecule has 0 radical (unpaired) electrons. The molecule has 8 heteroatoms. The first-order valence-corrected chi connectivity index (χ1v) is 9.97. The summed E-state index contributed by atoms with van der Waals surface area (Å²) in [6.07, 6.45) is 4.62. The van der Waals surface area contributed by atoms with Gasteiger partial charge in [0.05, 0.1) is 23.4 Å². The number of rotatable bonds is 9. The van der Waals surface area contributed by atoms with Crippen LogP contribution in [0.1, 0.15) is 36.0 Å². The van der Waals surface area contributed by atoms with Crippen molar-refractivity contribution in [2.45, 2.75) is 41.9 Å². The van der Waals surface area contributed by atoms with Gasteiger partial charge in [-0.05, 0) is 37.1 Å². The zero-order valence-electron chi connectivity index (χ0n) is 14.4. The second-order valence-corrected chi connectivity index (χ2v) is 8.39. The molecule has 1 unspecified atom stereocenters. The van der Waals surface area contributed by atoms with Crippen molar-refractivity contribution in [2.24, 2.45) is 0 Å². The number of carboxylic acid groups (broad SMARTS) is 1. The van der Waals surface area contributed by atoms with Gasteiger partial charge in [0.25, 0.3) is 5.91 Å². The van der Waals surface area contributed by atoms with Crippen LogP contribution in [0, 0.1) is 0 Å². The molecule has 0 aromatic heterocycles. The van der Waals surface area contributed by atoms with Crippen LogP contribution < -0.4 is 5.32 Å². The van der Waals surface area contributed by atoms with Crippen molar-refractivity contribution in [3.63, 3.8) is 0 Å². The maximum Gasteiger partial charge on any atom is 0.328 e. The van der Waals surface area contributed by atoms with Gasteiger partial charge in [0.15, 0.2) is 15.9 Å². The van der Waals surface area contributed by atoms with Crippen LogP contribution in [-0.4, -0.2) is 49.9 Å². The summed E-state index contributed by atoms with van der Waals surface area (Å²) >= 11 is 0. The highest BCUT2D eigenvalue weighted by atomic mass is 32.2. The molecule has 2 N–H and O–H groups in total. The van der Waals surface area contributed by atoms with E-state index in [1.165, 1.54) is 30.3 Å². The number of carboxylic acids is 1. The second-order valence-electron chi connectivity index (χ2n) is 6.17. The van der Waals surface area contributed by atoms with Gasteiger partial charge in [0.2, 0.25) is 0 Å². The van der Waals surface area contributed by atoms with Gasteiger partial charge in [-0.3, -0.25) is 4.79 Å². The molecule has 0 aliphatic heterocycles. The highest BCUT2D eigenvalue weighted by Gasteiger charge is 2.30. The van der Waals surface area contributed by atoms with Gasteiger partial charge >= 0.3 is 5.97 Å². The van der Waals surface area contributed by atoms with Crippen LogP contribution in [0.15, 0.2) is 41.8 Å². The summed E-state index contributed by atoms with van der Waals surface area (Å²) < 4.78 is 30.1. The highest BCUT2D eigenvalue weighted by Crippen LogP contribution is 2.29. The number of carbonyl (C=O) groups excluding carboxylic acids is 1. The Kier molecular flexibility index (Phi) is 6.93. The van der Waals surface area contributed by atoms with E-state index in [2.05, 4.69) is 11.9 Å². The average Bonchev–Trinajstić information content (AvgIpc) is 3.16. The molecule has 1 aromatic rings. The van der Waals surface area contributed by atoms with E-state index in [1.54, 1.807) is 0 Å². The first-order chi connectivity index (χ1) is 12.4. The monoisotopic (exact) mass is 381 g/mol. The summed E-state index contributed by atoms with van der Waals surface area (Å²) in [5.74, 6) is -1.83. The number of carbonyl (C=O) groups is 2. The SMILES string of the molecule is C=CCOCC(NC(=O)c1ccc(S(=O)(=O)C2CCCC2)cc1)C(=O)O. The van der Waals surface area contributed by atoms with E-state index in [9.17, 15) is 18.0 Å². The van der Waals surface area contributed by atoms with Crippen molar-refractivity contribution in [3.8, 4) is 0 Å². The van der Waals surface area contributed by atoms with Crippen LogP contribution in [0.5, 0.6) is 0 Å². The van der Waals surface area contributed by atoms with E-state index in [0.29, 0.717) is 12.8 Å². The molecule has 1 atom stereocenters. The topological polar surface area (TPSA) is 110 Å². The molecule has 142 valence electrons. The van der Waals surface area contributed by atoms with Crippen molar-refractivity contribution in [1.82, 2.24) is 5.32 Å². The molecule has 0 spiro atoms. The number of hydrogen-bond acceptors (Lipinski definition) is 5. The first kappa shape index (κ1) is 20.1. The molecule has 7 nitrogen and oxygen atoms in total. The number of hydrogen-bond donors (Lipinski definition) is 2. The quantitative estimate of drug-likeness (QED) is 0.498. The Hall–Kier alpha value is -2.19. The molecule has 1 aromatic carbocycles. The Bertz CT molecular complexity index is 750. The predicted octanol–water partition coefficient (Wildman–Crippen LogP) is 1.79. The largest absolute Gasteiger partial charge is 0.480 e. The smallest absolute Gasteiger partial charge is 0.328 e. The fourth-order valence-corrected chi connectivity index (χ4v) is 4.73. The minimum Gasteiger partial charge on any atom is -0.480 e. The minimum atomic E-state index is -3.39. The predicted molar refractivity (Wildman–Crippen MR) is 95.8 cm³/mol. The summed E-state index contributed by atoms with van der Waals surface area (Å²) in [5, 5.41) is 11.1. The van der Waals surface area contributed by atoms with E-state index in [4.69, 9.17) is 9.84 Å². The van der Waals surface area contributed by atoms with Gasteiger partial charge in [-0.1, -0.05) is 18.9 Å². The average molecular weight is 381 g/mol. The zero-order valence-corrected chi connectivity index (χ0v) is 15.2. The number of sulfone groups is 1. The summed E-state index contributed by atoms with van der Waals surface area (Å²) in [6.45, 7) is 3.44. The maximum absolute atomic E-state index is 12.5. The van der Waals surface area contributed by atoms with Crippen LogP contribution in [0.25, 0.3) is 0 Å². The van der Waals surface area contributed by atoms with Crippen molar-refractivity contribution >= 4 is 21.7 Å². The van der Waals surface area contributed by atoms with Gasteiger partial charge in [0.1, 0.15) is 0 Å². The molecular weight excluding hydrogens is 358 g/mol. The van der Waals surface area contributed by atoms with E-state index in [-0.39, 0.29) is 28.9 Å². The molecule has 1 aliphatic rings. The van der Waals surface area contributed by atoms with Crippen LogP contribution in [0.4, 0.5) is 0 Å². The maximum atomic E-state index is 12.5. The molecule has 1 amide bonds. The van der Waals surface area contributed by atoms with Gasteiger partial charge in [-0.15, -0.1) is 6.58 Å². The number of amides is 1. The normalized spacial score (nSPS) is 16.2. The first-order valence-electron chi connectivity index (χ1n) is 8.42. The molecule has 2 rings (SSSR count). The summed E-state index contributed by atoms with van der Waals surface area (Å²) in [6, 6.07) is 4.37. The van der Waals surface area contributed by atoms with Gasteiger partial charge in [0, 0.05) is 5.56 Å². The highest BCUT2D eigenvalue weighted by molar-refractivity contribution is 7.92. The van der Waals surface area contributed by atoms with E-state index >= 15 is 0 Å². The molecule has 0 saturated heterocycles. The zero-order chi connectivity index (χ0) is 19.2. The number of nitrogens with one attached hydrogen (secondary N) is 1. The summed E-state index contributed by atoms with van der Waals surface area (Å²) in [7, 11) is -3.39. The van der Waals surface area contributed by atoms with Crippen LogP contribution >= 0.6 is 0 Å². The standard InChI is InChI=1S/C18H23NO6S/c1-2-11-25-12-16(18(21)22)19-17(20)13-7-9-15(10-8-13)26(23,24)14-5-3-4-6-14/h2,7-10,14,16H,1,3-6,11-12H2,(H,19,20)(H,21,22). The van der Waals surface area contributed by atoms with Crippen LogP contribution in [0.2, 0.25) is 0 Å². The van der Waals surface area contributed by atoms with Crippen molar-refractivity contribution in [1.29, 1.82) is 0 Å². The number of aliphatic carboxylic acids is 1. The Labute approximate surface area is 153 Å². The lowest BCUT2D eigenvalue weighted by molar-refractivity contribution is -0.140. The Balaban J connectivity index is 2.05. The number of benzene rings is 1. The van der Waals surface area contributed by atoms with E-state index in [0.717, 1.165) is 12.8 Å². The molecule has 0 heterocycles. The minimum absolute atomic E-state index is 0.174. The van der Waals surface area contributed by atoms with Crippen molar-refractivity contribution in [2.75, 3.05) is 13.2 Å². The molecule has 1 fully saturated rings. The van der Waals surface area contributed by atoms with Gasteiger partial charge in [-0.25, -0.2) is 13.2 Å². The van der Waals surface area contributed by atoms with E-state index in [1.807, 2.05) is 0 Å². The fraction of sp³-hybridized carbons (Fsp3) is 0.444. The molecule has 1 aliphatic carbocycles. The summed E-state index contributed by atoms with van der Waals surface area (Å²) in [5.41, 5.74) is 0.186. The number of ether oxygens (including phenoxy) is 1. The van der Waals surface area contributed by atoms with Gasteiger partial charge in [-0.2, -0.15) is 0 Å². The van der Waals surface area contributed by atoms with Crippen molar-refractivity contribution < 1.29 is 27.9 Å². The lowest BCUT2D eigenvalue weighted by Crippen LogP contribution is -2.44. The lowest BCUT2D eigenvalue weighted by atomic mass is 10.2. The molecule has 0 bridgehead atoms. The van der Waals surface area contributed by atoms with Crippen LogP contribution in [-0.2, 0) is 19.4 Å². The molecular formula is C18H23NO6S. The Morgan fingerprint density at radius 3 is 2.42 bits per heavy atom. The third kappa shape index (κ3) is 4.92. The third-order valence-electron chi connectivity index (χ3n) is 4.31. The van der Waals surface area contributed by atoms with Gasteiger partial charge < -0.3 is 15.2 Å². The fourth-order valence-electron chi connectivity index (χ4n) is 2.87. The lowest BCUT2D eigenvalue weighted by Gasteiger charge is -2.15. The molecule has 1 saturated carbocycles. The van der Waals surface area contributed by atoms with E-state index < -0.39 is 27.8 Å². The second kappa shape index (κ2) is 8.95. The van der Waals surface area contributed by atoms with Crippen molar-refractivity contribution in [3.05, 3.63) is 42.5 Å².